The minimum atomic E-state index is -1.31. The number of aromatic nitrogens is 2. The Labute approximate surface area is 160 Å². The number of hydrogen-bond donors (Lipinski definition) is 2. The van der Waals surface area contributed by atoms with E-state index in [2.05, 4.69) is 15.7 Å². The molecule has 1 unspecified atom stereocenters. The van der Waals surface area contributed by atoms with Crippen molar-refractivity contribution in [1.82, 2.24) is 20.4 Å². The van der Waals surface area contributed by atoms with Crippen LogP contribution in [-0.2, 0) is 16.1 Å². The van der Waals surface area contributed by atoms with Crippen LogP contribution < -0.4 is 10.6 Å². The van der Waals surface area contributed by atoms with Gasteiger partial charge >= 0.3 is 12.0 Å². The summed E-state index contributed by atoms with van der Waals surface area (Å²) in [4.78, 5) is 36.3. The predicted octanol–water partition coefficient (Wildman–Crippen LogP) is 1.88. The third kappa shape index (κ3) is 4.64. The van der Waals surface area contributed by atoms with Gasteiger partial charge in [0.1, 0.15) is 5.76 Å². The van der Waals surface area contributed by atoms with E-state index in [1.165, 1.54) is 13.1 Å². The van der Waals surface area contributed by atoms with Gasteiger partial charge in [-0.2, -0.15) is 5.10 Å². The maximum atomic E-state index is 12.5. The number of benzene rings is 1. The molecule has 0 spiro atoms. The summed E-state index contributed by atoms with van der Waals surface area (Å²) in [5, 5.41) is 8.45. The van der Waals surface area contributed by atoms with Crippen LogP contribution in [0.5, 0.6) is 0 Å². The predicted molar refractivity (Wildman–Crippen MR) is 97.2 cm³/mol. The Balaban J connectivity index is 1.74. The number of hydrogen-bond acceptors (Lipinski definition) is 6. The summed E-state index contributed by atoms with van der Waals surface area (Å²) < 4.78 is 12.5. The normalized spacial score (nSPS) is 11.5. The zero-order valence-electron chi connectivity index (χ0n) is 15.0. The van der Waals surface area contributed by atoms with Gasteiger partial charge in [0.05, 0.1) is 6.54 Å². The first-order valence-electron chi connectivity index (χ1n) is 8.41. The zero-order chi connectivity index (χ0) is 19.9. The Morgan fingerprint density at radius 3 is 2.61 bits per heavy atom. The molecule has 144 valence electrons. The number of carbonyl (C=O) groups is 3. The number of nitrogens with zero attached hydrogens (tertiary/aromatic N) is 2. The first kappa shape index (κ1) is 18.9. The number of esters is 1. The molecule has 28 heavy (non-hydrogen) atoms. The van der Waals surface area contributed by atoms with Gasteiger partial charge < -0.3 is 14.5 Å². The van der Waals surface area contributed by atoms with Gasteiger partial charge in [0, 0.05) is 25.0 Å². The fraction of sp³-hybridized carbons (Fsp3) is 0.158. The molecule has 3 rings (SSSR count). The molecule has 2 heterocycles. The van der Waals surface area contributed by atoms with Gasteiger partial charge in [-0.3, -0.25) is 14.8 Å². The first-order chi connectivity index (χ1) is 13.6. The molecule has 1 atom stereocenters. The standard InChI is InChI=1S/C19H18N4O5/c1-20-19(26)22-17(24)16(13-6-3-2-4-7-13)28-18(25)15-9-8-14(27-15)12-23-11-5-10-21-23/h2-11,16H,12H2,1H3,(H2,20,22,24,26). The monoisotopic (exact) mass is 382 g/mol. The lowest BCUT2D eigenvalue weighted by Crippen LogP contribution is -2.41. The number of rotatable bonds is 6. The molecule has 0 bridgehead atoms. The van der Waals surface area contributed by atoms with E-state index in [0.717, 1.165) is 0 Å². The van der Waals surface area contributed by atoms with Crippen LogP contribution >= 0.6 is 0 Å². The van der Waals surface area contributed by atoms with E-state index in [4.69, 9.17) is 9.15 Å². The van der Waals surface area contributed by atoms with Crippen LogP contribution in [0.1, 0.15) is 28.0 Å². The highest BCUT2D eigenvalue weighted by Gasteiger charge is 2.28. The van der Waals surface area contributed by atoms with E-state index in [9.17, 15) is 14.4 Å². The van der Waals surface area contributed by atoms with Crippen LogP contribution in [0.4, 0.5) is 4.79 Å². The lowest BCUT2D eigenvalue weighted by Gasteiger charge is -2.16. The molecule has 0 fully saturated rings. The smallest absolute Gasteiger partial charge is 0.375 e. The van der Waals surface area contributed by atoms with Crippen molar-refractivity contribution in [3.63, 3.8) is 0 Å². The molecule has 0 radical (unpaired) electrons. The van der Waals surface area contributed by atoms with Gasteiger partial charge in [-0.1, -0.05) is 30.3 Å². The molecule has 1 aromatic carbocycles. The summed E-state index contributed by atoms with van der Waals surface area (Å²) in [5.74, 6) is -1.16. The van der Waals surface area contributed by atoms with Gasteiger partial charge in [0.25, 0.3) is 5.91 Å². The first-order valence-corrected chi connectivity index (χ1v) is 8.41. The number of amides is 3. The minimum absolute atomic E-state index is 0.0594. The molecule has 0 aliphatic carbocycles. The van der Waals surface area contributed by atoms with Crippen LogP contribution in [-0.4, -0.2) is 34.7 Å². The maximum Gasteiger partial charge on any atom is 0.375 e. The number of imide groups is 1. The van der Waals surface area contributed by atoms with Crippen molar-refractivity contribution in [1.29, 1.82) is 0 Å². The third-order valence-corrected chi connectivity index (χ3v) is 3.77. The summed E-state index contributed by atoms with van der Waals surface area (Å²) >= 11 is 0. The molecule has 0 saturated carbocycles. The average molecular weight is 382 g/mol. The Morgan fingerprint density at radius 1 is 1.14 bits per heavy atom. The van der Waals surface area contributed by atoms with E-state index in [0.29, 0.717) is 17.9 Å². The second-order valence-electron chi connectivity index (χ2n) is 5.73. The van der Waals surface area contributed by atoms with Crippen LogP contribution in [0.15, 0.2) is 65.3 Å². The van der Waals surface area contributed by atoms with Gasteiger partial charge in [-0.05, 0) is 18.2 Å². The molecule has 0 saturated heterocycles. The van der Waals surface area contributed by atoms with Crippen molar-refractivity contribution < 1.29 is 23.5 Å². The molecule has 9 nitrogen and oxygen atoms in total. The van der Waals surface area contributed by atoms with E-state index < -0.39 is 24.0 Å². The summed E-state index contributed by atoms with van der Waals surface area (Å²) in [7, 11) is 1.37. The van der Waals surface area contributed by atoms with Crippen molar-refractivity contribution in [2.75, 3.05) is 7.05 Å². The molecule has 2 N–H and O–H groups in total. The van der Waals surface area contributed by atoms with E-state index in [1.807, 2.05) is 0 Å². The van der Waals surface area contributed by atoms with E-state index in [1.54, 1.807) is 59.5 Å². The second kappa shape index (κ2) is 8.67. The van der Waals surface area contributed by atoms with E-state index >= 15 is 0 Å². The molecule has 3 aromatic rings. The number of furan rings is 1. The summed E-state index contributed by atoms with van der Waals surface area (Å²) in [6.07, 6.45) is 2.08. The van der Waals surface area contributed by atoms with Crippen LogP contribution in [0, 0.1) is 0 Å². The van der Waals surface area contributed by atoms with Crippen LogP contribution in [0.25, 0.3) is 0 Å². The summed E-state index contributed by atoms with van der Waals surface area (Å²) in [6.45, 7) is 0.347. The second-order valence-corrected chi connectivity index (χ2v) is 5.73. The third-order valence-electron chi connectivity index (χ3n) is 3.77. The Morgan fingerprint density at radius 2 is 1.93 bits per heavy atom. The lowest BCUT2D eigenvalue weighted by molar-refractivity contribution is -0.129. The number of carbonyl (C=O) groups excluding carboxylic acids is 3. The highest BCUT2D eigenvalue weighted by atomic mass is 16.6. The quantitative estimate of drug-likeness (QED) is 0.629. The number of nitrogens with one attached hydrogen (secondary N) is 2. The minimum Gasteiger partial charge on any atom is -0.452 e. The highest BCUT2D eigenvalue weighted by Crippen LogP contribution is 2.20. The summed E-state index contributed by atoms with van der Waals surface area (Å²) in [5.41, 5.74) is 0.417. The summed E-state index contributed by atoms with van der Waals surface area (Å²) in [6, 6.07) is 12.5. The largest absolute Gasteiger partial charge is 0.452 e. The van der Waals surface area contributed by atoms with Crippen LogP contribution in [0.3, 0.4) is 0 Å². The average Bonchev–Trinajstić information content (AvgIpc) is 3.39. The molecule has 3 amide bonds. The van der Waals surface area contributed by atoms with Crippen LogP contribution in [0.2, 0.25) is 0 Å². The molecule has 2 aromatic heterocycles. The number of ether oxygens (including phenoxy) is 1. The molecule has 0 aliphatic rings. The van der Waals surface area contributed by atoms with Crippen molar-refractivity contribution in [2.45, 2.75) is 12.6 Å². The van der Waals surface area contributed by atoms with Gasteiger partial charge in [0.2, 0.25) is 11.9 Å². The fourth-order valence-electron chi connectivity index (χ4n) is 2.43. The molecule has 9 heteroatoms. The van der Waals surface area contributed by atoms with Gasteiger partial charge in [-0.25, -0.2) is 9.59 Å². The highest BCUT2D eigenvalue weighted by molar-refractivity contribution is 5.98. The Kier molecular flexibility index (Phi) is 5.85. The fourth-order valence-corrected chi connectivity index (χ4v) is 2.43. The van der Waals surface area contributed by atoms with Crippen molar-refractivity contribution in [3.8, 4) is 0 Å². The molecular weight excluding hydrogens is 364 g/mol. The number of urea groups is 1. The molecular formula is C19H18N4O5. The SMILES string of the molecule is CNC(=O)NC(=O)C(OC(=O)c1ccc(Cn2cccn2)o1)c1ccccc1. The topological polar surface area (TPSA) is 115 Å². The van der Waals surface area contributed by atoms with Crippen molar-refractivity contribution in [2.24, 2.45) is 0 Å². The van der Waals surface area contributed by atoms with Gasteiger partial charge in [0.15, 0.2) is 0 Å². The van der Waals surface area contributed by atoms with Crippen molar-refractivity contribution in [3.05, 3.63) is 78.0 Å². The van der Waals surface area contributed by atoms with E-state index in [-0.39, 0.29) is 5.76 Å². The van der Waals surface area contributed by atoms with Gasteiger partial charge in [-0.15, -0.1) is 0 Å². The Hall–Kier alpha value is -3.88. The maximum absolute atomic E-state index is 12.5. The zero-order valence-corrected chi connectivity index (χ0v) is 15.0. The van der Waals surface area contributed by atoms with Crippen molar-refractivity contribution >= 4 is 17.9 Å². The molecule has 0 aliphatic heterocycles. The lowest BCUT2D eigenvalue weighted by atomic mass is 10.1. The Bertz CT molecular complexity index is 950.